The topological polar surface area (TPSA) is 237 Å². The second-order valence-corrected chi connectivity index (χ2v) is 8.80. The molecule has 1 rings (SSSR count). The molecule has 0 aliphatic heterocycles. The summed E-state index contributed by atoms with van der Waals surface area (Å²) in [6, 6.07) is 3.77. The van der Waals surface area contributed by atoms with Crippen LogP contribution in [0.15, 0.2) is 30.3 Å². The summed E-state index contributed by atoms with van der Waals surface area (Å²) in [5.74, 6) is -5.55. The smallest absolute Gasteiger partial charge is 0.326 e. The highest BCUT2D eigenvalue weighted by molar-refractivity contribution is 5.95. The van der Waals surface area contributed by atoms with Gasteiger partial charge in [-0.25, -0.2) is 4.79 Å². The van der Waals surface area contributed by atoms with Crippen molar-refractivity contribution in [2.45, 2.75) is 70.1 Å². The van der Waals surface area contributed by atoms with Crippen molar-refractivity contribution in [2.24, 2.45) is 23.1 Å². The van der Waals surface area contributed by atoms with Gasteiger partial charge in [-0.05, 0) is 17.9 Å². The number of rotatable bonds is 16. The molecule has 1 aromatic carbocycles. The number of nitrogens with one attached hydrogen (secondary N) is 3. The average Bonchev–Trinajstić information content (AvgIpc) is 2.83. The molecule has 0 saturated carbocycles. The number of carboxylic acid groups (broad SMARTS) is 1. The Morgan fingerprint density at radius 1 is 0.865 bits per heavy atom. The van der Waals surface area contributed by atoms with Crippen molar-refractivity contribution >= 4 is 35.5 Å². The first kappa shape index (κ1) is 31.0. The zero-order valence-electron chi connectivity index (χ0n) is 20.9. The fourth-order valence-corrected chi connectivity index (χ4v) is 3.41. The number of benzene rings is 1. The molecule has 0 aromatic heterocycles. The standard InChI is InChI=1S/C24H36N6O7/c1-3-13(2)20(23(35)28-16(24(36)37)9-10-18(26)31)30-22(34)17(11-14-7-5-4-6-8-14)29-21(33)15(25)12-19(27)32/h4-8,13,15-17,20H,3,9-12,25H2,1-2H3,(H2,26,31)(H2,27,32)(H,28,35)(H,29,33)(H,30,34)(H,36,37). The van der Waals surface area contributed by atoms with Crippen molar-refractivity contribution in [3.8, 4) is 0 Å². The van der Waals surface area contributed by atoms with Crippen molar-refractivity contribution in [3.63, 3.8) is 0 Å². The first-order valence-corrected chi connectivity index (χ1v) is 11.9. The molecule has 0 spiro atoms. The van der Waals surface area contributed by atoms with E-state index in [0.717, 1.165) is 0 Å². The van der Waals surface area contributed by atoms with Crippen LogP contribution in [0.25, 0.3) is 0 Å². The normalized spacial score (nSPS) is 14.8. The molecule has 0 heterocycles. The largest absolute Gasteiger partial charge is 0.480 e. The Morgan fingerprint density at radius 3 is 1.97 bits per heavy atom. The molecule has 0 aliphatic carbocycles. The summed E-state index contributed by atoms with van der Waals surface area (Å²) in [6.07, 6.45) is -0.398. The minimum atomic E-state index is -1.39. The first-order chi connectivity index (χ1) is 17.3. The van der Waals surface area contributed by atoms with Crippen LogP contribution in [-0.4, -0.2) is 64.8 Å². The fourth-order valence-electron chi connectivity index (χ4n) is 3.41. The number of aliphatic carboxylic acids is 1. The minimum Gasteiger partial charge on any atom is -0.480 e. The average molecular weight is 521 g/mol. The van der Waals surface area contributed by atoms with Crippen LogP contribution in [0.4, 0.5) is 0 Å². The summed E-state index contributed by atoms with van der Waals surface area (Å²) in [4.78, 5) is 72.6. The molecule has 37 heavy (non-hydrogen) atoms. The number of amides is 5. The number of carboxylic acids is 1. The molecule has 5 amide bonds. The number of carbonyl (C=O) groups excluding carboxylic acids is 5. The van der Waals surface area contributed by atoms with Crippen molar-refractivity contribution in [1.29, 1.82) is 0 Å². The highest BCUT2D eigenvalue weighted by atomic mass is 16.4. The maximum Gasteiger partial charge on any atom is 0.326 e. The lowest BCUT2D eigenvalue weighted by molar-refractivity contribution is -0.143. The maximum atomic E-state index is 13.3. The third kappa shape index (κ3) is 11.1. The third-order valence-corrected chi connectivity index (χ3v) is 5.76. The quantitative estimate of drug-likeness (QED) is 0.132. The number of hydrogen-bond acceptors (Lipinski definition) is 7. The van der Waals surface area contributed by atoms with E-state index < -0.39 is 72.0 Å². The lowest BCUT2D eigenvalue weighted by Gasteiger charge is -2.28. The summed E-state index contributed by atoms with van der Waals surface area (Å²) in [5.41, 5.74) is 16.6. The second kappa shape index (κ2) is 15.2. The molecular formula is C24H36N6O7. The van der Waals surface area contributed by atoms with Crippen LogP contribution < -0.4 is 33.2 Å². The monoisotopic (exact) mass is 520 g/mol. The minimum absolute atomic E-state index is 0.0485. The Morgan fingerprint density at radius 2 is 1.46 bits per heavy atom. The van der Waals surface area contributed by atoms with Crippen molar-refractivity contribution in [3.05, 3.63) is 35.9 Å². The van der Waals surface area contributed by atoms with E-state index in [9.17, 15) is 33.9 Å². The predicted octanol–water partition coefficient (Wildman–Crippen LogP) is -1.72. The van der Waals surface area contributed by atoms with Gasteiger partial charge >= 0.3 is 5.97 Å². The van der Waals surface area contributed by atoms with Crippen LogP contribution in [0, 0.1) is 5.92 Å². The summed E-state index contributed by atoms with van der Waals surface area (Å²) < 4.78 is 0. The number of hydrogen-bond donors (Lipinski definition) is 7. The molecule has 13 heteroatoms. The molecule has 5 atom stereocenters. The van der Waals surface area contributed by atoms with Crippen molar-refractivity contribution < 1.29 is 33.9 Å². The first-order valence-electron chi connectivity index (χ1n) is 11.9. The van der Waals surface area contributed by atoms with Crippen molar-refractivity contribution in [2.75, 3.05) is 0 Å². The SMILES string of the molecule is CCC(C)C(NC(=O)C(Cc1ccccc1)NC(=O)C(N)CC(N)=O)C(=O)NC(CCC(N)=O)C(=O)O. The number of primary amides is 2. The van der Waals surface area contributed by atoms with Crippen LogP contribution in [0.2, 0.25) is 0 Å². The van der Waals surface area contributed by atoms with Crippen LogP contribution in [0.1, 0.15) is 45.1 Å². The van der Waals surface area contributed by atoms with E-state index >= 15 is 0 Å². The zero-order valence-corrected chi connectivity index (χ0v) is 20.9. The van der Waals surface area contributed by atoms with E-state index in [1.54, 1.807) is 44.2 Å². The molecule has 1 aromatic rings. The number of carbonyl (C=O) groups is 6. The van der Waals surface area contributed by atoms with Gasteiger partial charge in [-0.2, -0.15) is 0 Å². The number of nitrogens with two attached hydrogens (primary N) is 3. The van der Waals surface area contributed by atoms with Crippen LogP contribution in [0.3, 0.4) is 0 Å². The van der Waals surface area contributed by atoms with Gasteiger partial charge < -0.3 is 38.3 Å². The third-order valence-electron chi connectivity index (χ3n) is 5.76. The molecular weight excluding hydrogens is 484 g/mol. The highest BCUT2D eigenvalue weighted by Crippen LogP contribution is 2.11. The Bertz CT molecular complexity index is 972. The molecule has 0 fully saturated rings. The van der Waals surface area contributed by atoms with E-state index in [1.165, 1.54) is 0 Å². The van der Waals surface area contributed by atoms with Gasteiger partial charge in [0.1, 0.15) is 18.1 Å². The second-order valence-electron chi connectivity index (χ2n) is 8.80. The Kier molecular flexibility index (Phi) is 12.7. The van der Waals surface area contributed by atoms with Crippen LogP contribution in [0.5, 0.6) is 0 Å². The molecule has 204 valence electrons. The van der Waals surface area contributed by atoms with Gasteiger partial charge in [0.2, 0.25) is 29.5 Å². The van der Waals surface area contributed by atoms with E-state index in [1.807, 2.05) is 0 Å². The fraction of sp³-hybridized carbons (Fsp3) is 0.500. The molecule has 0 aliphatic rings. The molecule has 0 bridgehead atoms. The van der Waals surface area contributed by atoms with E-state index in [2.05, 4.69) is 16.0 Å². The Balaban J connectivity index is 3.12. The summed E-state index contributed by atoms with van der Waals surface area (Å²) >= 11 is 0. The lowest BCUT2D eigenvalue weighted by Crippen LogP contribution is -2.59. The molecule has 13 nitrogen and oxygen atoms in total. The van der Waals surface area contributed by atoms with Gasteiger partial charge in [-0.15, -0.1) is 0 Å². The van der Waals surface area contributed by atoms with Crippen molar-refractivity contribution in [1.82, 2.24) is 16.0 Å². The van der Waals surface area contributed by atoms with Crippen LogP contribution >= 0.6 is 0 Å². The van der Waals surface area contributed by atoms with Gasteiger partial charge in [0.15, 0.2) is 0 Å². The zero-order chi connectivity index (χ0) is 28.1. The Labute approximate surface area is 214 Å². The van der Waals surface area contributed by atoms with Gasteiger partial charge in [-0.3, -0.25) is 24.0 Å². The highest BCUT2D eigenvalue weighted by Gasteiger charge is 2.33. The maximum absolute atomic E-state index is 13.3. The van der Waals surface area contributed by atoms with E-state index in [0.29, 0.717) is 12.0 Å². The van der Waals surface area contributed by atoms with E-state index in [-0.39, 0.29) is 19.3 Å². The molecule has 5 unspecified atom stereocenters. The predicted molar refractivity (Wildman–Crippen MR) is 133 cm³/mol. The van der Waals surface area contributed by atoms with Gasteiger partial charge in [0.05, 0.1) is 12.5 Å². The lowest BCUT2D eigenvalue weighted by atomic mass is 9.96. The van der Waals surface area contributed by atoms with Gasteiger partial charge in [0, 0.05) is 12.8 Å². The molecule has 10 N–H and O–H groups in total. The molecule has 0 radical (unpaired) electrons. The Hall–Kier alpha value is -4.00. The van der Waals surface area contributed by atoms with Crippen LogP contribution in [-0.2, 0) is 35.2 Å². The van der Waals surface area contributed by atoms with E-state index in [4.69, 9.17) is 17.2 Å². The summed E-state index contributed by atoms with van der Waals surface area (Å²) in [6.45, 7) is 3.47. The molecule has 0 saturated heterocycles. The van der Waals surface area contributed by atoms with Gasteiger partial charge in [0.25, 0.3) is 0 Å². The van der Waals surface area contributed by atoms with Gasteiger partial charge in [-0.1, -0.05) is 50.6 Å². The summed E-state index contributed by atoms with van der Waals surface area (Å²) in [7, 11) is 0. The summed E-state index contributed by atoms with van der Waals surface area (Å²) in [5, 5.41) is 16.9.